The molecule has 1 aromatic carbocycles. The van der Waals surface area contributed by atoms with Crippen molar-refractivity contribution in [2.45, 2.75) is 58.4 Å². The van der Waals surface area contributed by atoms with Crippen molar-refractivity contribution in [1.29, 1.82) is 0 Å². The van der Waals surface area contributed by atoms with E-state index in [1.54, 1.807) is 6.92 Å². The summed E-state index contributed by atoms with van der Waals surface area (Å²) in [6.45, 7) is 8.57. The standard InChI is InChI=1S/C17H23BF4N2O3/c1-10-8-12(19)13(24-14(25)23-7-6-17(20,21)22)9-11(10)18-26-15(2,3)16(4,5)27-18/h8-9H,6-7H2,1-5H3,(H2,23,24,25). The molecule has 0 aliphatic carbocycles. The molecule has 150 valence electrons. The molecule has 2 N–H and O–H groups in total. The van der Waals surface area contributed by atoms with E-state index in [1.165, 1.54) is 12.1 Å². The number of urea groups is 1. The molecule has 10 heteroatoms. The normalized spacial score (nSPS) is 18.5. The third-order valence-electron chi connectivity index (χ3n) is 4.81. The molecule has 1 aliphatic rings. The van der Waals surface area contributed by atoms with Gasteiger partial charge in [0.1, 0.15) is 5.82 Å². The molecule has 1 aromatic rings. The van der Waals surface area contributed by atoms with Crippen LogP contribution in [-0.2, 0) is 9.31 Å². The highest BCUT2D eigenvalue weighted by atomic mass is 19.4. The number of amides is 2. The summed E-state index contributed by atoms with van der Waals surface area (Å²) >= 11 is 0. The molecule has 0 atom stereocenters. The molecule has 1 aliphatic heterocycles. The summed E-state index contributed by atoms with van der Waals surface area (Å²) in [5, 5.41) is 4.27. The fourth-order valence-electron chi connectivity index (χ4n) is 2.49. The Labute approximate surface area is 155 Å². The Morgan fingerprint density at radius 2 is 1.70 bits per heavy atom. The number of anilines is 1. The molecule has 2 rings (SSSR count). The maximum absolute atomic E-state index is 14.2. The number of hydrogen-bond donors (Lipinski definition) is 2. The summed E-state index contributed by atoms with van der Waals surface area (Å²) in [7, 11) is -0.760. The number of carbonyl (C=O) groups excluding carboxylic acids is 1. The van der Waals surface area contributed by atoms with E-state index >= 15 is 0 Å². The molecule has 0 unspecified atom stereocenters. The Kier molecular flexibility index (Phi) is 5.82. The van der Waals surface area contributed by atoms with Crippen LogP contribution < -0.4 is 16.1 Å². The fourth-order valence-corrected chi connectivity index (χ4v) is 2.49. The van der Waals surface area contributed by atoms with Crippen LogP contribution in [0.1, 0.15) is 39.7 Å². The van der Waals surface area contributed by atoms with Crippen LogP contribution in [0.5, 0.6) is 0 Å². The molecule has 0 spiro atoms. The lowest BCUT2D eigenvalue weighted by Gasteiger charge is -2.32. The van der Waals surface area contributed by atoms with Crippen molar-refractivity contribution in [3.63, 3.8) is 0 Å². The number of rotatable bonds is 4. The van der Waals surface area contributed by atoms with Gasteiger partial charge in [0.15, 0.2) is 0 Å². The number of hydrogen-bond acceptors (Lipinski definition) is 3. The van der Waals surface area contributed by atoms with Gasteiger partial charge in [-0.25, -0.2) is 9.18 Å². The first-order valence-corrected chi connectivity index (χ1v) is 8.49. The number of aryl methyl sites for hydroxylation is 1. The lowest BCUT2D eigenvalue weighted by atomic mass is 9.76. The maximum Gasteiger partial charge on any atom is 0.495 e. The van der Waals surface area contributed by atoms with Crippen LogP contribution in [0.2, 0.25) is 0 Å². The molecule has 0 bridgehead atoms. The SMILES string of the molecule is Cc1cc(F)c(NC(=O)NCCC(F)(F)F)cc1B1OC(C)(C)C(C)(C)O1. The Morgan fingerprint density at radius 3 is 2.22 bits per heavy atom. The first kappa shape index (κ1) is 21.5. The van der Waals surface area contributed by atoms with Gasteiger partial charge in [0, 0.05) is 6.54 Å². The number of carbonyl (C=O) groups is 1. The van der Waals surface area contributed by atoms with Gasteiger partial charge in [-0.05, 0) is 57.8 Å². The zero-order valence-corrected chi connectivity index (χ0v) is 15.9. The second kappa shape index (κ2) is 7.31. The van der Waals surface area contributed by atoms with Crippen LogP contribution in [0.3, 0.4) is 0 Å². The topological polar surface area (TPSA) is 59.6 Å². The third-order valence-corrected chi connectivity index (χ3v) is 4.81. The first-order chi connectivity index (χ1) is 12.2. The highest BCUT2D eigenvalue weighted by Crippen LogP contribution is 2.37. The first-order valence-electron chi connectivity index (χ1n) is 8.49. The van der Waals surface area contributed by atoms with Gasteiger partial charge >= 0.3 is 19.3 Å². The minimum atomic E-state index is -4.38. The molecule has 1 fully saturated rings. The minimum absolute atomic E-state index is 0.171. The number of alkyl halides is 3. The molecule has 1 saturated heterocycles. The smallest absolute Gasteiger partial charge is 0.399 e. The van der Waals surface area contributed by atoms with Gasteiger partial charge in [0.2, 0.25) is 0 Å². The monoisotopic (exact) mass is 390 g/mol. The summed E-state index contributed by atoms with van der Waals surface area (Å²) < 4.78 is 62.5. The number of benzene rings is 1. The second-order valence-corrected chi connectivity index (χ2v) is 7.52. The van der Waals surface area contributed by atoms with Gasteiger partial charge in [-0.2, -0.15) is 13.2 Å². The predicted octanol–water partition coefficient (Wildman–Crippen LogP) is 3.51. The van der Waals surface area contributed by atoms with Gasteiger partial charge in [-0.3, -0.25) is 0 Å². The van der Waals surface area contributed by atoms with E-state index in [1.807, 2.05) is 33.0 Å². The van der Waals surface area contributed by atoms with Crippen molar-refractivity contribution in [3.8, 4) is 0 Å². The summed E-state index contributed by atoms with van der Waals surface area (Å²) in [6.07, 6.45) is -5.55. The highest BCUT2D eigenvalue weighted by Gasteiger charge is 2.52. The molecule has 2 amide bonds. The maximum atomic E-state index is 14.2. The van der Waals surface area contributed by atoms with Crippen LogP contribution in [0.25, 0.3) is 0 Å². The third kappa shape index (κ3) is 5.13. The molecular weight excluding hydrogens is 367 g/mol. The second-order valence-electron chi connectivity index (χ2n) is 7.52. The van der Waals surface area contributed by atoms with E-state index < -0.39 is 49.3 Å². The Morgan fingerprint density at radius 1 is 1.15 bits per heavy atom. The molecule has 0 saturated carbocycles. The molecule has 0 aromatic heterocycles. The zero-order valence-electron chi connectivity index (χ0n) is 15.9. The van der Waals surface area contributed by atoms with Crippen molar-refractivity contribution >= 4 is 24.3 Å². The summed E-state index contributed by atoms with van der Waals surface area (Å²) in [5.41, 5.74) is -0.272. The van der Waals surface area contributed by atoms with E-state index in [4.69, 9.17) is 9.31 Å². The van der Waals surface area contributed by atoms with E-state index in [9.17, 15) is 22.4 Å². The average Bonchev–Trinajstić information content (AvgIpc) is 2.68. The van der Waals surface area contributed by atoms with E-state index in [0.717, 1.165) is 0 Å². The number of nitrogens with one attached hydrogen (secondary N) is 2. The Hall–Kier alpha value is -1.81. The predicted molar refractivity (Wildman–Crippen MR) is 94.5 cm³/mol. The lowest BCUT2D eigenvalue weighted by molar-refractivity contribution is -0.132. The number of halogens is 4. The average molecular weight is 390 g/mol. The van der Waals surface area contributed by atoms with Gasteiger partial charge in [-0.15, -0.1) is 0 Å². The summed E-state index contributed by atoms with van der Waals surface area (Å²) in [5.74, 6) is -0.710. The van der Waals surface area contributed by atoms with Crippen molar-refractivity contribution < 1.29 is 31.7 Å². The van der Waals surface area contributed by atoms with Crippen LogP contribution in [-0.4, -0.2) is 37.1 Å². The van der Waals surface area contributed by atoms with Crippen LogP contribution in [0.15, 0.2) is 12.1 Å². The lowest BCUT2D eigenvalue weighted by Crippen LogP contribution is -2.41. The zero-order chi connectivity index (χ0) is 20.6. The fraction of sp³-hybridized carbons (Fsp3) is 0.588. The van der Waals surface area contributed by atoms with Gasteiger partial charge in [-0.1, -0.05) is 0 Å². The van der Waals surface area contributed by atoms with E-state index in [-0.39, 0.29) is 5.69 Å². The van der Waals surface area contributed by atoms with Crippen molar-refractivity contribution in [2.75, 3.05) is 11.9 Å². The highest BCUT2D eigenvalue weighted by molar-refractivity contribution is 6.62. The quantitative estimate of drug-likeness (QED) is 0.611. The Bertz CT molecular complexity index is 707. The minimum Gasteiger partial charge on any atom is -0.399 e. The van der Waals surface area contributed by atoms with E-state index in [0.29, 0.717) is 11.0 Å². The van der Waals surface area contributed by atoms with E-state index in [2.05, 4.69) is 5.32 Å². The summed E-state index contributed by atoms with van der Waals surface area (Å²) in [6, 6.07) is 1.66. The molecule has 1 heterocycles. The van der Waals surface area contributed by atoms with Crippen LogP contribution in [0.4, 0.5) is 28.0 Å². The van der Waals surface area contributed by atoms with Crippen molar-refractivity contribution in [2.24, 2.45) is 0 Å². The van der Waals surface area contributed by atoms with Gasteiger partial charge in [0.25, 0.3) is 0 Å². The van der Waals surface area contributed by atoms with Crippen molar-refractivity contribution in [3.05, 3.63) is 23.5 Å². The summed E-state index contributed by atoms with van der Waals surface area (Å²) in [4.78, 5) is 11.8. The Balaban J connectivity index is 2.13. The van der Waals surface area contributed by atoms with Crippen LogP contribution >= 0.6 is 0 Å². The van der Waals surface area contributed by atoms with Gasteiger partial charge in [0.05, 0.1) is 23.3 Å². The van der Waals surface area contributed by atoms with Crippen LogP contribution in [0, 0.1) is 12.7 Å². The van der Waals surface area contributed by atoms with Gasteiger partial charge < -0.3 is 19.9 Å². The molecular formula is C17H23BF4N2O3. The largest absolute Gasteiger partial charge is 0.495 e. The molecule has 5 nitrogen and oxygen atoms in total. The molecule has 27 heavy (non-hydrogen) atoms. The van der Waals surface area contributed by atoms with Crippen molar-refractivity contribution in [1.82, 2.24) is 5.32 Å². The molecule has 0 radical (unpaired) electrons.